The maximum absolute atomic E-state index is 2.43. The lowest BCUT2D eigenvalue weighted by molar-refractivity contribution is -0.659. The quantitative estimate of drug-likeness (QED) is 0.193. The van der Waals surface area contributed by atoms with Crippen molar-refractivity contribution in [3.8, 4) is 11.3 Å². The van der Waals surface area contributed by atoms with Gasteiger partial charge in [0, 0.05) is 17.0 Å². The highest BCUT2D eigenvalue weighted by Crippen LogP contribution is 2.38. The Kier molecular flexibility index (Phi) is 4.64. The molecule has 0 atom stereocenters. The van der Waals surface area contributed by atoms with Gasteiger partial charge in [0.05, 0.1) is 0 Å². The van der Waals surface area contributed by atoms with E-state index in [1.807, 2.05) is 0 Å². The molecule has 1 aromatic heterocycles. The smallest absolute Gasteiger partial charge is 0.200 e. The van der Waals surface area contributed by atoms with Crippen LogP contribution >= 0.6 is 0 Å². The number of fused-ring (bicyclic) bond motifs is 3. The van der Waals surface area contributed by atoms with Crippen molar-refractivity contribution in [1.82, 2.24) is 0 Å². The van der Waals surface area contributed by atoms with Gasteiger partial charge in [0.25, 0.3) is 0 Å². The summed E-state index contributed by atoms with van der Waals surface area (Å²) in [5.41, 5.74) is 8.12. The summed E-state index contributed by atoms with van der Waals surface area (Å²) in [6.07, 6.45) is 2.32. The molecule has 0 saturated heterocycles. The first-order valence-corrected chi connectivity index (χ1v) is 11.5. The molecule has 1 heteroatoms. The fraction of sp³-hybridized carbons (Fsp3) is 0.258. The molecule has 0 aliphatic rings. The van der Waals surface area contributed by atoms with Gasteiger partial charge in [0.15, 0.2) is 6.20 Å². The van der Waals surface area contributed by atoms with Gasteiger partial charge in [-0.2, -0.15) is 0 Å². The number of aromatic nitrogens is 1. The van der Waals surface area contributed by atoms with Gasteiger partial charge in [0.2, 0.25) is 5.69 Å². The highest BCUT2D eigenvalue weighted by atomic mass is 14.9. The molecule has 160 valence electrons. The van der Waals surface area contributed by atoms with E-state index in [2.05, 4.69) is 120 Å². The van der Waals surface area contributed by atoms with Crippen LogP contribution in [0.3, 0.4) is 0 Å². The van der Waals surface area contributed by atoms with E-state index in [9.17, 15) is 0 Å². The summed E-state index contributed by atoms with van der Waals surface area (Å²) in [7, 11) is 2.18. The lowest BCUT2D eigenvalue weighted by Crippen LogP contribution is -2.31. The van der Waals surface area contributed by atoms with E-state index >= 15 is 0 Å². The summed E-state index contributed by atoms with van der Waals surface area (Å²) >= 11 is 0. The van der Waals surface area contributed by atoms with Gasteiger partial charge in [-0.3, -0.25) is 0 Å². The highest BCUT2D eigenvalue weighted by Gasteiger charge is 2.24. The van der Waals surface area contributed by atoms with Crippen LogP contribution in [0.4, 0.5) is 0 Å². The van der Waals surface area contributed by atoms with E-state index in [0.29, 0.717) is 0 Å². The summed E-state index contributed by atoms with van der Waals surface area (Å²) < 4.78 is 2.31. The van der Waals surface area contributed by atoms with Crippen LogP contribution in [0.15, 0.2) is 66.9 Å². The number of benzene rings is 4. The molecule has 0 unspecified atom stereocenters. The zero-order chi connectivity index (χ0) is 22.8. The minimum atomic E-state index is 0.0696. The van der Waals surface area contributed by atoms with Crippen LogP contribution in [-0.2, 0) is 12.5 Å². The minimum Gasteiger partial charge on any atom is -0.200 e. The first kappa shape index (κ1) is 20.7. The van der Waals surface area contributed by atoms with Crippen LogP contribution < -0.4 is 4.57 Å². The van der Waals surface area contributed by atoms with Crippen LogP contribution in [0.2, 0.25) is 0 Å². The number of nitrogens with zero attached hydrogens (tertiary/aromatic N) is 1. The van der Waals surface area contributed by atoms with E-state index in [-0.39, 0.29) is 5.41 Å². The Morgan fingerprint density at radius 1 is 0.594 bits per heavy atom. The number of pyridine rings is 1. The van der Waals surface area contributed by atoms with Crippen molar-refractivity contribution in [2.75, 3.05) is 0 Å². The molecule has 32 heavy (non-hydrogen) atoms. The second kappa shape index (κ2) is 7.17. The Hall–Kier alpha value is -3.19. The average molecular weight is 419 g/mol. The summed E-state index contributed by atoms with van der Waals surface area (Å²) in [4.78, 5) is 0. The van der Waals surface area contributed by atoms with E-state index in [1.54, 1.807) is 0 Å². The molecule has 0 aliphatic heterocycles. The number of hydrogen-bond acceptors (Lipinski definition) is 0. The van der Waals surface area contributed by atoms with Crippen molar-refractivity contribution in [1.29, 1.82) is 0 Å². The first-order chi connectivity index (χ1) is 15.2. The van der Waals surface area contributed by atoms with Gasteiger partial charge < -0.3 is 0 Å². The Labute approximate surface area is 191 Å². The van der Waals surface area contributed by atoms with E-state index in [4.69, 9.17) is 0 Å². The van der Waals surface area contributed by atoms with Crippen molar-refractivity contribution >= 4 is 32.3 Å². The molecule has 0 amide bonds. The average Bonchev–Trinajstić information content (AvgIpc) is 2.77. The Bertz CT molecular complexity index is 1530. The van der Waals surface area contributed by atoms with E-state index in [1.165, 1.54) is 65.8 Å². The molecule has 0 fully saturated rings. The Morgan fingerprint density at radius 2 is 1.09 bits per heavy atom. The molecule has 5 rings (SSSR count). The topological polar surface area (TPSA) is 3.88 Å². The van der Waals surface area contributed by atoms with Crippen LogP contribution in [0.1, 0.15) is 43.0 Å². The van der Waals surface area contributed by atoms with Gasteiger partial charge >= 0.3 is 0 Å². The largest absolute Gasteiger partial charge is 0.213 e. The predicted octanol–water partition coefficient (Wildman–Crippen LogP) is 7.86. The fourth-order valence-corrected chi connectivity index (χ4v) is 5.36. The maximum atomic E-state index is 2.43. The summed E-state index contributed by atoms with van der Waals surface area (Å²) in [6, 6.07) is 22.5. The molecule has 0 aliphatic carbocycles. The molecule has 1 heterocycles. The van der Waals surface area contributed by atoms with Gasteiger partial charge in [-0.25, -0.2) is 4.57 Å². The molecule has 0 bridgehead atoms. The SMILES string of the molecule is Cc1c(-c2cc3c(C)c4ccccc4c(C)c3c[n+]2C)cc(C(C)(C)C)c2ccccc12. The predicted molar refractivity (Wildman–Crippen MR) is 138 cm³/mol. The standard InChI is InChI=1S/C31H32N/c1-19-22-12-8-9-13-23(22)21(3)28-18-32(7)30(17-26(19)28)27-16-29(31(4,5)6)25-15-11-10-14-24(25)20(27)2/h8-18H,1-7H3/q+1. The zero-order valence-electron chi connectivity index (χ0n) is 20.3. The minimum absolute atomic E-state index is 0.0696. The molecular weight excluding hydrogens is 386 g/mol. The molecule has 0 saturated carbocycles. The van der Waals surface area contributed by atoms with Gasteiger partial charge in [-0.1, -0.05) is 69.3 Å². The number of rotatable bonds is 1. The van der Waals surface area contributed by atoms with Crippen LogP contribution in [0, 0.1) is 20.8 Å². The molecule has 1 nitrogen and oxygen atoms in total. The molecule has 0 spiro atoms. The number of aryl methyl sites for hydroxylation is 4. The monoisotopic (exact) mass is 418 g/mol. The Morgan fingerprint density at radius 3 is 1.66 bits per heavy atom. The molecule has 0 N–H and O–H groups in total. The third kappa shape index (κ3) is 3.03. The highest BCUT2D eigenvalue weighted by molar-refractivity contribution is 6.06. The second-order valence-corrected chi connectivity index (χ2v) is 10.3. The lowest BCUT2D eigenvalue weighted by Gasteiger charge is -2.24. The normalized spacial score (nSPS) is 12.2. The van der Waals surface area contributed by atoms with Gasteiger partial charge in [-0.15, -0.1) is 0 Å². The van der Waals surface area contributed by atoms with Crippen molar-refractivity contribution in [3.63, 3.8) is 0 Å². The molecular formula is C31H32N+. The van der Waals surface area contributed by atoms with E-state index < -0.39 is 0 Å². The zero-order valence-corrected chi connectivity index (χ0v) is 20.3. The number of hydrogen-bond donors (Lipinski definition) is 0. The summed E-state index contributed by atoms with van der Waals surface area (Å²) in [5, 5.41) is 8.09. The second-order valence-electron chi connectivity index (χ2n) is 10.3. The maximum Gasteiger partial charge on any atom is 0.213 e. The fourth-order valence-electron chi connectivity index (χ4n) is 5.36. The van der Waals surface area contributed by atoms with Gasteiger partial charge in [-0.05, 0) is 81.4 Å². The third-order valence-electron chi connectivity index (χ3n) is 7.21. The Balaban J connectivity index is 1.90. The van der Waals surface area contributed by atoms with Crippen molar-refractivity contribution < 1.29 is 4.57 Å². The lowest BCUT2D eigenvalue weighted by atomic mass is 9.80. The van der Waals surface area contributed by atoms with E-state index in [0.717, 1.165) is 0 Å². The summed E-state index contributed by atoms with van der Waals surface area (Å²) in [5.74, 6) is 0. The summed E-state index contributed by atoms with van der Waals surface area (Å²) in [6.45, 7) is 13.7. The third-order valence-corrected chi connectivity index (χ3v) is 7.21. The van der Waals surface area contributed by atoms with Gasteiger partial charge in [0.1, 0.15) is 7.05 Å². The van der Waals surface area contributed by atoms with Crippen LogP contribution in [0.5, 0.6) is 0 Å². The van der Waals surface area contributed by atoms with Crippen molar-refractivity contribution in [2.24, 2.45) is 7.05 Å². The van der Waals surface area contributed by atoms with Crippen molar-refractivity contribution in [3.05, 3.63) is 89.1 Å². The van der Waals surface area contributed by atoms with Crippen LogP contribution in [-0.4, -0.2) is 0 Å². The van der Waals surface area contributed by atoms with Crippen LogP contribution in [0.25, 0.3) is 43.6 Å². The first-order valence-electron chi connectivity index (χ1n) is 11.5. The molecule has 4 aromatic carbocycles. The molecule has 5 aromatic rings. The molecule has 0 radical (unpaired) electrons. The van der Waals surface area contributed by atoms with Crippen molar-refractivity contribution in [2.45, 2.75) is 47.0 Å².